The second kappa shape index (κ2) is 11.1. The fraction of sp³-hybridized carbons (Fsp3) is 0.429. The zero-order valence-corrected chi connectivity index (χ0v) is 21.2. The number of likely N-dealkylation sites (N-methyl/N-ethyl adjacent to an activating group) is 1. The number of benzene rings is 1. The molecule has 1 aromatic carbocycles. The summed E-state index contributed by atoms with van der Waals surface area (Å²) in [5, 5.41) is 15.4. The van der Waals surface area contributed by atoms with Crippen molar-refractivity contribution in [3.63, 3.8) is 0 Å². The highest BCUT2D eigenvalue weighted by Crippen LogP contribution is 2.28. The number of carbonyl (C=O) groups is 2. The van der Waals surface area contributed by atoms with Crippen LogP contribution >= 0.6 is 0 Å². The van der Waals surface area contributed by atoms with Crippen molar-refractivity contribution in [3.8, 4) is 11.3 Å². The van der Waals surface area contributed by atoms with E-state index >= 15 is 0 Å². The van der Waals surface area contributed by atoms with Gasteiger partial charge in [0.1, 0.15) is 5.82 Å². The molecular formula is C28H34N6O3. The fourth-order valence-electron chi connectivity index (χ4n) is 5.28. The number of aromatic nitrogens is 2. The van der Waals surface area contributed by atoms with Crippen LogP contribution < -0.4 is 15.5 Å². The van der Waals surface area contributed by atoms with E-state index in [1.54, 1.807) is 0 Å². The fourth-order valence-corrected chi connectivity index (χ4v) is 5.28. The van der Waals surface area contributed by atoms with Gasteiger partial charge in [-0.1, -0.05) is 18.2 Å². The van der Waals surface area contributed by atoms with Crippen molar-refractivity contribution in [1.82, 2.24) is 25.5 Å². The predicted octanol–water partition coefficient (Wildman–Crippen LogP) is 3.60. The number of para-hydroxylation sites is 1. The molecule has 1 saturated carbocycles. The molecule has 2 aliphatic rings. The van der Waals surface area contributed by atoms with Crippen LogP contribution in [0.25, 0.3) is 22.2 Å². The van der Waals surface area contributed by atoms with Gasteiger partial charge in [0.25, 0.3) is 5.91 Å². The lowest BCUT2D eigenvalue weighted by Gasteiger charge is -2.33. The van der Waals surface area contributed by atoms with E-state index in [4.69, 9.17) is 15.1 Å². The molecule has 3 aromatic rings. The third-order valence-corrected chi connectivity index (χ3v) is 7.56. The molecule has 194 valence electrons. The molecule has 9 nitrogen and oxygen atoms in total. The smallest absolute Gasteiger partial charge is 0.404 e. The summed E-state index contributed by atoms with van der Waals surface area (Å²) in [6.07, 6.45) is 4.31. The summed E-state index contributed by atoms with van der Waals surface area (Å²) in [5.74, 6) is 1.18. The van der Waals surface area contributed by atoms with Crippen molar-refractivity contribution >= 4 is 28.7 Å². The number of nitrogens with zero attached hydrogens (tertiary/aromatic N) is 4. The molecular weight excluding hydrogens is 468 g/mol. The van der Waals surface area contributed by atoms with Gasteiger partial charge in [-0.2, -0.15) is 0 Å². The van der Waals surface area contributed by atoms with Crippen molar-refractivity contribution in [3.05, 3.63) is 54.2 Å². The van der Waals surface area contributed by atoms with Gasteiger partial charge in [0.2, 0.25) is 0 Å². The molecule has 0 radical (unpaired) electrons. The Kier molecular flexibility index (Phi) is 7.50. The summed E-state index contributed by atoms with van der Waals surface area (Å²) in [6.45, 7) is 4.43. The molecule has 3 heterocycles. The maximum Gasteiger partial charge on any atom is 0.404 e. The van der Waals surface area contributed by atoms with Crippen molar-refractivity contribution in [1.29, 1.82) is 0 Å². The van der Waals surface area contributed by atoms with E-state index < -0.39 is 6.09 Å². The summed E-state index contributed by atoms with van der Waals surface area (Å²) < 4.78 is 0. The van der Waals surface area contributed by atoms with Crippen LogP contribution in [0.5, 0.6) is 0 Å². The van der Waals surface area contributed by atoms with Crippen molar-refractivity contribution in [2.75, 3.05) is 44.7 Å². The lowest BCUT2D eigenvalue weighted by molar-refractivity contribution is 0.0923. The van der Waals surface area contributed by atoms with Crippen molar-refractivity contribution in [2.45, 2.75) is 31.7 Å². The van der Waals surface area contributed by atoms with Crippen LogP contribution in [-0.4, -0.2) is 77.8 Å². The minimum absolute atomic E-state index is 0.0773. The van der Waals surface area contributed by atoms with Gasteiger partial charge in [-0.25, -0.2) is 14.8 Å². The SMILES string of the molecule is CN1CCN(c2ccc(-c3cc(C(=O)NC4CCC(CNC(=O)O)CC4)c4ccccc4n3)cn2)CC1. The second-order valence-electron chi connectivity index (χ2n) is 10.1. The normalized spacial score (nSPS) is 20.5. The summed E-state index contributed by atoms with van der Waals surface area (Å²) in [4.78, 5) is 38.4. The van der Waals surface area contributed by atoms with Gasteiger partial charge in [-0.3, -0.25) is 4.79 Å². The Labute approximate surface area is 216 Å². The van der Waals surface area contributed by atoms with E-state index in [0.29, 0.717) is 18.0 Å². The number of piperazine rings is 1. The third kappa shape index (κ3) is 5.99. The monoisotopic (exact) mass is 502 g/mol. The number of hydrogen-bond donors (Lipinski definition) is 3. The quantitative estimate of drug-likeness (QED) is 0.472. The Bertz CT molecular complexity index is 1250. The molecule has 0 spiro atoms. The summed E-state index contributed by atoms with van der Waals surface area (Å²) in [6, 6.07) is 13.7. The molecule has 37 heavy (non-hydrogen) atoms. The maximum absolute atomic E-state index is 13.4. The molecule has 2 fully saturated rings. The van der Waals surface area contributed by atoms with Crippen LogP contribution in [-0.2, 0) is 0 Å². The van der Waals surface area contributed by atoms with Crippen molar-refractivity contribution < 1.29 is 14.7 Å². The maximum atomic E-state index is 13.4. The van der Waals surface area contributed by atoms with E-state index in [-0.39, 0.29) is 11.9 Å². The number of pyridine rings is 2. The standard InChI is InChI=1S/C28H34N6O3/c1-33-12-14-34(15-13-33)26-11-8-20(18-29-26)25-16-23(22-4-2-3-5-24(22)32-25)27(35)31-21-9-6-19(7-10-21)17-30-28(36)37/h2-5,8,11,16,18-19,21,30H,6-7,9-10,12-15,17H2,1H3,(H,31,35)(H,36,37). The molecule has 5 rings (SSSR count). The van der Waals surface area contributed by atoms with E-state index in [9.17, 15) is 9.59 Å². The van der Waals surface area contributed by atoms with Gasteiger partial charge in [0.15, 0.2) is 0 Å². The molecule has 0 unspecified atom stereocenters. The molecule has 2 aromatic heterocycles. The Morgan fingerprint density at radius 3 is 2.49 bits per heavy atom. The second-order valence-corrected chi connectivity index (χ2v) is 10.1. The molecule has 1 saturated heterocycles. The molecule has 0 atom stereocenters. The first-order valence-electron chi connectivity index (χ1n) is 13.0. The number of carbonyl (C=O) groups excluding carboxylic acids is 1. The molecule has 1 aliphatic carbocycles. The number of anilines is 1. The van der Waals surface area contributed by atoms with Gasteiger partial charge in [0, 0.05) is 55.9 Å². The van der Waals surface area contributed by atoms with Gasteiger partial charge >= 0.3 is 6.09 Å². The average molecular weight is 503 g/mol. The lowest BCUT2D eigenvalue weighted by atomic mass is 9.86. The Balaban J connectivity index is 1.32. The first-order valence-corrected chi connectivity index (χ1v) is 13.0. The minimum Gasteiger partial charge on any atom is -0.465 e. The van der Waals surface area contributed by atoms with E-state index in [0.717, 1.165) is 79.8 Å². The number of carboxylic acid groups (broad SMARTS) is 1. The number of nitrogens with one attached hydrogen (secondary N) is 2. The van der Waals surface area contributed by atoms with Gasteiger partial charge in [-0.15, -0.1) is 0 Å². The number of fused-ring (bicyclic) bond motifs is 1. The summed E-state index contributed by atoms with van der Waals surface area (Å²) in [7, 11) is 2.14. The van der Waals surface area contributed by atoms with E-state index in [2.05, 4.69) is 27.5 Å². The Morgan fingerprint density at radius 2 is 1.78 bits per heavy atom. The molecule has 1 aliphatic heterocycles. The topological polar surface area (TPSA) is 111 Å². The summed E-state index contributed by atoms with van der Waals surface area (Å²) in [5.41, 5.74) is 2.99. The highest BCUT2D eigenvalue weighted by atomic mass is 16.4. The Hall–Kier alpha value is -3.72. The van der Waals surface area contributed by atoms with Crippen LogP contribution in [0.4, 0.5) is 10.6 Å². The molecule has 2 amide bonds. The van der Waals surface area contributed by atoms with Crippen molar-refractivity contribution in [2.24, 2.45) is 5.92 Å². The van der Waals surface area contributed by atoms with Crippen LogP contribution in [0.1, 0.15) is 36.0 Å². The van der Waals surface area contributed by atoms with Crippen LogP contribution in [0.3, 0.4) is 0 Å². The lowest BCUT2D eigenvalue weighted by Crippen LogP contribution is -2.44. The minimum atomic E-state index is -0.986. The van der Waals surface area contributed by atoms with E-state index in [1.807, 2.05) is 48.7 Å². The van der Waals surface area contributed by atoms with Gasteiger partial charge in [0.05, 0.1) is 16.8 Å². The predicted molar refractivity (Wildman–Crippen MR) is 144 cm³/mol. The Morgan fingerprint density at radius 1 is 1.03 bits per heavy atom. The van der Waals surface area contributed by atoms with Crippen LogP contribution in [0.15, 0.2) is 48.7 Å². The first-order chi connectivity index (χ1) is 18.0. The zero-order chi connectivity index (χ0) is 25.8. The largest absolute Gasteiger partial charge is 0.465 e. The molecule has 0 bridgehead atoms. The third-order valence-electron chi connectivity index (χ3n) is 7.56. The summed E-state index contributed by atoms with van der Waals surface area (Å²) >= 11 is 0. The highest BCUT2D eigenvalue weighted by Gasteiger charge is 2.24. The number of hydrogen-bond acceptors (Lipinski definition) is 6. The zero-order valence-electron chi connectivity index (χ0n) is 21.2. The molecule has 3 N–H and O–H groups in total. The van der Waals surface area contributed by atoms with Gasteiger partial charge in [-0.05, 0) is 62.9 Å². The number of amides is 2. The highest BCUT2D eigenvalue weighted by molar-refractivity contribution is 6.07. The van der Waals surface area contributed by atoms with Crippen LogP contribution in [0, 0.1) is 5.92 Å². The van der Waals surface area contributed by atoms with Crippen LogP contribution in [0.2, 0.25) is 0 Å². The van der Waals surface area contributed by atoms with E-state index in [1.165, 1.54) is 0 Å². The average Bonchev–Trinajstić information content (AvgIpc) is 2.92. The first kappa shape index (κ1) is 25.0. The number of rotatable bonds is 6. The van der Waals surface area contributed by atoms with Gasteiger partial charge < -0.3 is 25.5 Å². The molecule has 9 heteroatoms.